The van der Waals surface area contributed by atoms with Crippen molar-refractivity contribution in [1.82, 2.24) is 10.2 Å². The van der Waals surface area contributed by atoms with Crippen molar-refractivity contribution in [2.75, 3.05) is 13.1 Å². The highest BCUT2D eigenvalue weighted by atomic mass is 16.4. The summed E-state index contributed by atoms with van der Waals surface area (Å²) in [6.45, 7) is 2.81. The maximum atomic E-state index is 13.1. The summed E-state index contributed by atoms with van der Waals surface area (Å²) < 4.78 is 0. The predicted octanol–water partition coefficient (Wildman–Crippen LogP) is 2.86. The van der Waals surface area contributed by atoms with Gasteiger partial charge in [-0.3, -0.25) is 9.59 Å². The van der Waals surface area contributed by atoms with Gasteiger partial charge in [0.05, 0.1) is 5.56 Å². The van der Waals surface area contributed by atoms with Crippen molar-refractivity contribution in [1.29, 1.82) is 0 Å². The minimum absolute atomic E-state index is 0.0477. The lowest BCUT2D eigenvalue weighted by Crippen LogP contribution is -2.53. The zero-order chi connectivity index (χ0) is 20.1. The Kier molecular flexibility index (Phi) is 6.70. The summed E-state index contributed by atoms with van der Waals surface area (Å²) in [7, 11) is 0. The van der Waals surface area contributed by atoms with Gasteiger partial charge in [0.2, 0.25) is 11.8 Å². The third-order valence-corrected chi connectivity index (χ3v) is 6.18. The van der Waals surface area contributed by atoms with Crippen LogP contribution in [0, 0.1) is 11.8 Å². The van der Waals surface area contributed by atoms with Crippen LogP contribution in [0.5, 0.6) is 0 Å². The molecule has 1 heterocycles. The lowest BCUT2D eigenvalue weighted by atomic mass is 9.87. The van der Waals surface area contributed by atoms with Crippen LogP contribution in [0.4, 0.5) is 0 Å². The van der Waals surface area contributed by atoms with Crippen LogP contribution >= 0.6 is 0 Å². The molecule has 2 fully saturated rings. The molecule has 2 aliphatic rings. The van der Waals surface area contributed by atoms with Crippen LogP contribution in [0.1, 0.15) is 61.4 Å². The number of rotatable bonds is 6. The smallest absolute Gasteiger partial charge is 0.335 e. The minimum atomic E-state index is -0.891. The van der Waals surface area contributed by atoms with E-state index in [1.807, 2.05) is 17.0 Å². The van der Waals surface area contributed by atoms with Crippen molar-refractivity contribution >= 4 is 17.8 Å². The van der Waals surface area contributed by atoms with Crippen molar-refractivity contribution in [3.63, 3.8) is 0 Å². The number of nitrogens with one attached hydrogen (secondary N) is 1. The third kappa shape index (κ3) is 4.91. The third-order valence-electron chi connectivity index (χ3n) is 6.18. The average Bonchev–Trinajstić information content (AvgIpc) is 3.21. The lowest BCUT2D eigenvalue weighted by molar-refractivity contribution is -0.138. The number of amides is 2. The van der Waals surface area contributed by atoms with Gasteiger partial charge in [-0.25, -0.2) is 4.79 Å². The van der Waals surface area contributed by atoms with Crippen LogP contribution in [0.3, 0.4) is 0 Å². The van der Waals surface area contributed by atoms with Crippen molar-refractivity contribution < 1.29 is 19.5 Å². The predicted molar refractivity (Wildman–Crippen MR) is 106 cm³/mol. The Balaban J connectivity index is 1.59. The molecule has 1 aromatic carbocycles. The first-order chi connectivity index (χ1) is 13.5. The topological polar surface area (TPSA) is 86.7 Å². The second-order valence-electron chi connectivity index (χ2n) is 8.16. The number of carboxylic acids is 1. The molecule has 0 bridgehead atoms. The Hall–Kier alpha value is -2.37. The van der Waals surface area contributed by atoms with E-state index in [-0.39, 0.29) is 17.7 Å². The van der Waals surface area contributed by atoms with Crippen LogP contribution in [-0.4, -0.2) is 46.9 Å². The molecule has 1 aromatic rings. The number of likely N-dealkylation sites (tertiary alicyclic amines) is 1. The molecule has 1 aliphatic heterocycles. The second-order valence-corrected chi connectivity index (χ2v) is 8.16. The van der Waals surface area contributed by atoms with Crippen molar-refractivity contribution in [2.45, 2.75) is 57.9 Å². The van der Waals surface area contributed by atoms with Gasteiger partial charge in [-0.1, -0.05) is 31.0 Å². The number of piperidine rings is 1. The molecule has 152 valence electrons. The first-order valence-electron chi connectivity index (χ1n) is 10.3. The van der Waals surface area contributed by atoms with Crippen LogP contribution in [0.15, 0.2) is 24.3 Å². The molecule has 1 unspecified atom stereocenters. The van der Waals surface area contributed by atoms with Gasteiger partial charge in [0, 0.05) is 20.0 Å². The highest BCUT2D eigenvalue weighted by Crippen LogP contribution is 2.30. The number of nitrogens with zero attached hydrogens (tertiary/aromatic N) is 1. The molecule has 2 N–H and O–H groups in total. The Morgan fingerprint density at radius 1 is 1.11 bits per heavy atom. The number of benzene rings is 1. The van der Waals surface area contributed by atoms with Crippen molar-refractivity contribution in [3.05, 3.63) is 35.4 Å². The molecule has 2 amide bonds. The van der Waals surface area contributed by atoms with E-state index in [9.17, 15) is 19.5 Å². The summed E-state index contributed by atoms with van der Waals surface area (Å²) in [6, 6.07) is 6.76. The zero-order valence-electron chi connectivity index (χ0n) is 16.5. The summed E-state index contributed by atoms with van der Waals surface area (Å²) in [4.78, 5) is 38.0. The van der Waals surface area contributed by atoms with E-state index in [0.717, 1.165) is 50.5 Å². The van der Waals surface area contributed by atoms with E-state index >= 15 is 0 Å². The lowest BCUT2D eigenvalue weighted by Gasteiger charge is -2.36. The molecule has 28 heavy (non-hydrogen) atoms. The largest absolute Gasteiger partial charge is 0.478 e. The minimum Gasteiger partial charge on any atom is -0.478 e. The number of hydrogen-bond donors (Lipinski definition) is 2. The fraction of sp³-hybridized carbons (Fsp3) is 0.591. The number of hydrogen-bond acceptors (Lipinski definition) is 3. The monoisotopic (exact) mass is 386 g/mol. The van der Waals surface area contributed by atoms with E-state index in [1.54, 1.807) is 12.1 Å². The molecule has 1 aliphatic carbocycles. The molecule has 6 heteroatoms. The van der Waals surface area contributed by atoms with Gasteiger partial charge in [0.1, 0.15) is 6.04 Å². The van der Waals surface area contributed by atoms with E-state index in [2.05, 4.69) is 5.32 Å². The van der Waals surface area contributed by atoms with Crippen LogP contribution in [0.25, 0.3) is 0 Å². The van der Waals surface area contributed by atoms with Gasteiger partial charge in [0.25, 0.3) is 0 Å². The summed E-state index contributed by atoms with van der Waals surface area (Å²) in [6.07, 6.45) is 6.69. The van der Waals surface area contributed by atoms with Gasteiger partial charge in [0.15, 0.2) is 0 Å². The summed E-state index contributed by atoms with van der Waals surface area (Å²) in [5.41, 5.74) is 1.23. The maximum Gasteiger partial charge on any atom is 0.335 e. The first kappa shape index (κ1) is 20.4. The summed E-state index contributed by atoms with van der Waals surface area (Å²) in [5.74, 6) is -0.373. The summed E-state index contributed by atoms with van der Waals surface area (Å²) in [5, 5.41) is 12.3. The fourth-order valence-corrected chi connectivity index (χ4v) is 4.66. The number of aromatic carboxylic acids is 1. The number of carbonyl (C=O) groups is 3. The highest BCUT2D eigenvalue weighted by Gasteiger charge is 2.35. The number of carboxylic acid groups (broad SMARTS) is 1. The van der Waals surface area contributed by atoms with E-state index in [1.165, 1.54) is 6.92 Å². The molecule has 1 atom stereocenters. The van der Waals surface area contributed by atoms with Gasteiger partial charge in [-0.05, 0) is 55.6 Å². The molecular weight excluding hydrogens is 356 g/mol. The van der Waals surface area contributed by atoms with E-state index in [0.29, 0.717) is 24.6 Å². The molecule has 1 saturated carbocycles. The Morgan fingerprint density at radius 2 is 1.75 bits per heavy atom. The standard InChI is InChI=1S/C22H30N2O4/c1-15(25)23-20(17-6-2-3-7-17)21(26)24-12-10-16(11-13-24)14-18-8-4-5-9-19(18)22(27)28/h4-5,8-9,16-17,20H,2-3,6-7,10-14H2,1H3,(H,23,25)(H,27,28). The quantitative estimate of drug-likeness (QED) is 0.787. The summed E-state index contributed by atoms with van der Waals surface area (Å²) >= 11 is 0. The number of carbonyl (C=O) groups excluding carboxylic acids is 2. The van der Waals surface area contributed by atoms with E-state index < -0.39 is 12.0 Å². The molecule has 6 nitrogen and oxygen atoms in total. The van der Waals surface area contributed by atoms with Gasteiger partial charge in [-0.2, -0.15) is 0 Å². The van der Waals surface area contributed by atoms with Gasteiger partial charge in [-0.15, -0.1) is 0 Å². The normalized spacial score (nSPS) is 19.4. The van der Waals surface area contributed by atoms with Gasteiger partial charge < -0.3 is 15.3 Å². The highest BCUT2D eigenvalue weighted by molar-refractivity contribution is 5.89. The average molecular weight is 386 g/mol. The van der Waals surface area contributed by atoms with Gasteiger partial charge >= 0.3 is 5.97 Å². The van der Waals surface area contributed by atoms with Crippen LogP contribution < -0.4 is 5.32 Å². The molecule has 1 saturated heterocycles. The van der Waals surface area contributed by atoms with E-state index in [4.69, 9.17) is 0 Å². The second kappa shape index (κ2) is 9.22. The molecule has 0 aromatic heterocycles. The fourth-order valence-electron chi connectivity index (χ4n) is 4.66. The Morgan fingerprint density at radius 3 is 2.36 bits per heavy atom. The SMILES string of the molecule is CC(=O)NC(C(=O)N1CCC(Cc2ccccc2C(=O)O)CC1)C1CCCC1. The van der Waals surface area contributed by atoms with Crippen LogP contribution in [0.2, 0.25) is 0 Å². The molecule has 3 rings (SSSR count). The molecule has 0 radical (unpaired) electrons. The van der Waals surface area contributed by atoms with Crippen molar-refractivity contribution in [2.24, 2.45) is 11.8 Å². The first-order valence-corrected chi connectivity index (χ1v) is 10.3. The maximum absolute atomic E-state index is 13.1. The Labute approximate surface area is 166 Å². The molecular formula is C22H30N2O4. The zero-order valence-corrected chi connectivity index (χ0v) is 16.5. The molecule has 0 spiro atoms. The Bertz CT molecular complexity index is 719. The van der Waals surface area contributed by atoms with Crippen molar-refractivity contribution in [3.8, 4) is 0 Å². The van der Waals surface area contributed by atoms with Crippen LogP contribution in [-0.2, 0) is 16.0 Å².